The van der Waals surface area contributed by atoms with Crippen molar-refractivity contribution in [1.29, 1.82) is 5.26 Å². The molecule has 0 aliphatic carbocycles. The van der Waals surface area contributed by atoms with E-state index in [0.717, 1.165) is 0 Å². The maximum Gasteiger partial charge on any atom is 0.417 e. The van der Waals surface area contributed by atoms with E-state index in [1.165, 1.54) is 6.07 Å². The van der Waals surface area contributed by atoms with Crippen molar-refractivity contribution in [1.82, 2.24) is 0 Å². The number of benzene rings is 1. The Labute approximate surface area is 113 Å². The fraction of sp³-hybridized carbons (Fsp3) is 0.222. The van der Waals surface area contributed by atoms with E-state index < -0.39 is 43.6 Å². The zero-order valence-electron chi connectivity index (χ0n) is 9.08. The van der Waals surface area contributed by atoms with Crippen molar-refractivity contribution in [2.75, 3.05) is 0 Å². The molecule has 1 aromatic carbocycles. The second kappa shape index (κ2) is 5.41. The third kappa shape index (κ3) is 3.71. The number of ether oxygens (including phenoxy) is 1. The lowest BCUT2D eigenvalue weighted by Gasteiger charge is -2.14. The predicted octanol–water partition coefficient (Wildman–Crippen LogP) is 3.11. The van der Waals surface area contributed by atoms with Crippen LogP contribution in [0.1, 0.15) is 11.1 Å². The average molecular weight is 336 g/mol. The van der Waals surface area contributed by atoms with Gasteiger partial charge in [-0.05, 0) is 6.07 Å². The van der Waals surface area contributed by atoms with Gasteiger partial charge in [0.25, 0.3) is 9.05 Å². The second-order valence-corrected chi connectivity index (χ2v) is 5.80. The SMILES string of the molecule is N#Cc1cc(C(F)(F)F)c(S(=O)(=O)Cl)cc1OC(F)F. The Morgan fingerprint density at radius 3 is 2.20 bits per heavy atom. The van der Waals surface area contributed by atoms with E-state index in [4.69, 9.17) is 15.9 Å². The van der Waals surface area contributed by atoms with Crippen molar-refractivity contribution < 1.29 is 35.1 Å². The Bertz CT molecular complexity index is 665. The van der Waals surface area contributed by atoms with Gasteiger partial charge in [0.1, 0.15) is 11.8 Å². The van der Waals surface area contributed by atoms with Gasteiger partial charge in [0.2, 0.25) is 0 Å². The smallest absolute Gasteiger partial charge is 0.417 e. The molecule has 0 atom stereocenters. The molecular formula is C9H3ClF5NO3S. The Morgan fingerprint density at radius 2 is 1.85 bits per heavy atom. The highest BCUT2D eigenvalue weighted by molar-refractivity contribution is 8.13. The Morgan fingerprint density at radius 1 is 1.30 bits per heavy atom. The number of rotatable bonds is 3. The molecule has 0 fully saturated rings. The van der Waals surface area contributed by atoms with Crippen molar-refractivity contribution in [3.8, 4) is 11.8 Å². The number of hydrogen-bond donors (Lipinski definition) is 0. The van der Waals surface area contributed by atoms with Gasteiger partial charge in [-0.2, -0.15) is 27.2 Å². The highest BCUT2D eigenvalue weighted by Gasteiger charge is 2.38. The molecule has 4 nitrogen and oxygen atoms in total. The standard InChI is InChI=1S/C9H3ClF5NO3S/c10-20(17,18)7-2-6(19-8(11)12)4(3-16)1-5(7)9(13,14)15/h1-2,8H. The van der Waals surface area contributed by atoms with E-state index in [1.807, 2.05) is 0 Å². The first-order valence-corrected chi connectivity index (χ1v) is 6.82. The fourth-order valence-electron chi connectivity index (χ4n) is 1.27. The van der Waals surface area contributed by atoms with Gasteiger partial charge in [-0.3, -0.25) is 0 Å². The lowest BCUT2D eigenvalue weighted by Crippen LogP contribution is -2.13. The predicted molar refractivity (Wildman–Crippen MR) is 55.8 cm³/mol. The van der Waals surface area contributed by atoms with E-state index in [1.54, 1.807) is 0 Å². The molecule has 0 unspecified atom stereocenters. The topological polar surface area (TPSA) is 67.2 Å². The van der Waals surface area contributed by atoms with Crippen molar-refractivity contribution in [3.05, 3.63) is 23.3 Å². The molecule has 110 valence electrons. The first-order valence-electron chi connectivity index (χ1n) is 4.51. The molecule has 0 radical (unpaired) electrons. The largest absolute Gasteiger partial charge is 0.433 e. The molecule has 20 heavy (non-hydrogen) atoms. The van der Waals surface area contributed by atoms with Crippen LogP contribution in [0.5, 0.6) is 5.75 Å². The highest BCUT2D eigenvalue weighted by atomic mass is 35.7. The van der Waals surface area contributed by atoms with E-state index in [0.29, 0.717) is 0 Å². The van der Waals surface area contributed by atoms with Crippen molar-refractivity contribution in [2.45, 2.75) is 17.7 Å². The molecule has 0 spiro atoms. The Hall–Kier alpha value is -1.60. The molecule has 0 aliphatic rings. The highest BCUT2D eigenvalue weighted by Crippen LogP contribution is 2.39. The minimum Gasteiger partial charge on any atom is -0.433 e. The number of halogens is 6. The summed E-state index contributed by atoms with van der Waals surface area (Å²) in [7, 11) is -0.0619. The molecule has 1 aromatic rings. The zero-order valence-corrected chi connectivity index (χ0v) is 10.7. The first-order chi connectivity index (χ1) is 8.96. The van der Waals surface area contributed by atoms with Crippen LogP contribution in [0.25, 0.3) is 0 Å². The van der Waals surface area contributed by atoms with Gasteiger partial charge < -0.3 is 4.74 Å². The van der Waals surface area contributed by atoms with Crippen LogP contribution in [0.4, 0.5) is 22.0 Å². The molecule has 0 aromatic heterocycles. The summed E-state index contributed by atoms with van der Waals surface area (Å²) in [5.74, 6) is -1.02. The van der Waals surface area contributed by atoms with E-state index in [9.17, 15) is 30.4 Å². The maximum absolute atomic E-state index is 12.7. The van der Waals surface area contributed by atoms with Crippen LogP contribution >= 0.6 is 10.7 Å². The van der Waals surface area contributed by atoms with Crippen LogP contribution in [-0.2, 0) is 15.2 Å². The van der Waals surface area contributed by atoms with Crippen LogP contribution in [0.15, 0.2) is 17.0 Å². The summed E-state index contributed by atoms with van der Waals surface area (Å²) >= 11 is 0. The van der Waals surface area contributed by atoms with Crippen molar-refractivity contribution in [3.63, 3.8) is 0 Å². The van der Waals surface area contributed by atoms with E-state index in [2.05, 4.69) is 4.74 Å². The number of hydrogen-bond acceptors (Lipinski definition) is 4. The van der Waals surface area contributed by atoms with Crippen molar-refractivity contribution >= 4 is 19.7 Å². The van der Waals surface area contributed by atoms with Gasteiger partial charge in [-0.1, -0.05) is 0 Å². The summed E-state index contributed by atoms with van der Waals surface area (Å²) in [4.78, 5) is -1.47. The summed E-state index contributed by atoms with van der Waals surface area (Å²) in [6, 6.07) is 1.41. The number of nitrogens with zero attached hydrogens (tertiary/aromatic N) is 1. The lowest BCUT2D eigenvalue weighted by molar-refractivity contribution is -0.139. The molecule has 0 amide bonds. The van der Waals surface area contributed by atoms with Gasteiger partial charge in [0, 0.05) is 16.7 Å². The van der Waals surface area contributed by atoms with E-state index >= 15 is 0 Å². The molecule has 0 heterocycles. The van der Waals surface area contributed by atoms with Gasteiger partial charge in [0.05, 0.1) is 16.0 Å². The monoisotopic (exact) mass is 335 g/mol. The lowest BCUT2D eigenvalue weighted by atomic mass is 10.1. The Kier molecular flexibility index (Phi) is 4.45. The minimum absolute atomic E-state index is 0.0764. The fourth-order valence-corrected chi connectivity index (χ4v) is 2.33. The van der Waals surface area contributed by atoms with Gasteiger partial charge >= 0.3 is 12.8 Å². The summed E-state index contributed by atoms with van der Waals surface area (Å²) in [6.07, 6.45) is -5.15. The van der Waals surface area contributed by atoms with E-state index in [-0.39, 0.29) is 12.1 Å². The van der Waals surface area contributed by atoms with Crippen molar-refractivity contribution in [2.24, 2.45) is 0 Å². The molecule has 0 aliphatic heterocycles. The number of nitriles is 1. The van der Waals surface area contributed by atoms with Crippen LogP contribution in [-0.4, -0.2) is 15.0 Å². The minimum atomic E-state index is -5.15. The molecule has 0 bridgehead atoms. The normalized spacial score (nSPS) is 12.3. The van der Waals surface area contributed by atoms with Crippen LogP contribution < -0.4 is 4.74 Å². The van der Waals surface area contributed by atoms with Crippen LogP contribution in [0, 0.1) is 11.3 Å². The molecule has 0 N–H and O–H groups in total. The summed E-state index contributed by atoms with van der Waals surface area (Å²) in [5.41, 5.74) is -2.65. The quantitative estimate of drug-likeness (QED) is 0.629. The summed E-state index contributed by atoms with van der Waals surface area (Å²) < 4.78 is 88.1. The van der Waals surface area contributed by atoms with Gasteiger partial charge in [0.15, 0.2) is 0 Å². The molecule has 0 saturated carbocycles. The first kappa shape index (κ1) is 16.5. The third-order valence-corrected chi connectivity index (χ3v) is 3.35. The summed E-state index contributed by atoms with van der Waals surface area (Å²) in [5, 5.41) is 8.59. The molecular weight excluding hydrogens is 333 g/mol. The van der Waals surface area contributed by atoms with Gasteiger partial charge in [-0.25, -0.2) is 8.42 Å². The van der Waals surface area contributed by atoms with Crippen LogP contribution in [0.2, 0.25) is 0 Å². The van der Waals surface area contributed by atoms with Crippen LogP contribution in [0.3, 0.4) is 0 Å². The number of alkyl halides is 5. The zero-order chi connectivity index (χ0) is 15.7. The molecule has 1 rings (SSSR count). The molecule has 11 heteroatoms. The second-order valence-electron chi connectivity index (χ2n) is 3.27. The Balaban J connectivity index is 3.68. The third-order valence-electron chi connectivity index (χ3n) is 1.99. The molecule has 0 saturated heterocycles. The average Bonchev–Trinajstić information content (AvgIpc) is 2.24. The maximum atomic E-state index is 12.7. The van der Waals surface area contributed by atoms with Gasteiger partial charge in [-0.15, -0.1) is 0 Å². The summed E-state index contributed by atoms with van der Waals surface area (Å²) in [6.45, 7) is -3.45.